The average molecular weight is 313 g/mol. The highest BCUT2D eigenvalue weighted by atomic mass is 15.0. The van der Waals surface area contributed by atoms with Crippen LogP contribution in [-0.2, 0) is 6.54 Å². The fraction of sp³-hybridized carbons (Fsp3) is 0.524. The Morgan fingerprint density at radius 2 is 2.30 bits per heavy atom. The number of aryl methyl sites for hydroxylation is 1. The standard InChI is InChI=1S/C21H32N2/c1-5-16(2)9-10-18(4)21-14-20(11-12-22-21)23-15-19-8-6-7-17(3)13-19/h6-10,13,16,20-23H,4-5,11-12,14-15H2,1-3H3/b10-9-/t16?,20-,21+/m0/s1. The lowest BCUT2D eigenvalue weighted by Gasteiger charge is -2.31. The summed E-state index contributed by atoms with van der Waals surface area (Å²) in [7, 11) is 0. The summed E-state index contributed by atoms with van der Waals surface area (Å²) in [6.45, 7) is 12.9. The van der Waals surface area contributed by atoms with Crippen LogP contribution in [0.15, 0.2) is 48.6 Å². The minimum Gasteiger partial charge on any atom is -0.310 e. The maximum absolute atomic E-state index is 4.27. The molecule has 0 bridgehead atoms. The molecule has 0 saturated carbocycles. The van der Waals surface area contributed by atoms with Gasteiger partial charge in [-0.25, -0.2) is 0 Å². The SMILES string of the molecule is C=C(/C=C\C(C)CC)[C@H]1C[C@@H](NCc2cccc(C)c2)CCN1. The first-order valence-corrected chi connectivity index (χ1v) is 8.97. The van der Waals surface area contributed by atoms with E-state index in [1.807, 2.05) is 0 Å². The third kappa shape index (κ3) is 5.96. The van der Waals surface area contributed by atoms with Crippen molar-refractivity contribution >= 4 is 0 Å². The van der Waals surface area contributed by atoms with Gasteiger partial charge in [0.2, 0.25) is 0 Å². The molecule has 0 radical (unpaired) electrons. The van der Waals surface area contributed by atoms with Crippen molar-refractivity contribution in [1.29, 1.82) is 0 Å². The minimum absolute atomic E-state index is 0.402. The summed E-state index contributed by atoms with van der Waals surface area (Å²) in [6.07, 6.45) is 7.99. The minimum atomic E-state index is 0.402. The fourth-order valence-corrected chi connectivity index (χ4v) is 3.01. The number of benzene rings is 1. The van der Waals surface area contributed by atoms with Crippen LogP contribution in [0.4, 0.5) is 0 Å². The predicted molar refractivity (Wildman–Crippen MR) is 101 cm³/mol. The molecule has 0 spiro atoms. The molecular weight excluding hydrogens is 280 g/mol. The van der Waals surface area contributed by atoms with Crippen LogP contribution >= 0.6 is 0 Å². The van der Waals surface area contributed by atoms with Crippen molar-refractivity contribution in [2.24, 2.45) is 5.92 Å². The number of rotatable bonds is 7. The van der Waals surface area contributed by atoms with Crippen LogP contribution in [-0.4, -0.2) is 18.6 Å². The Balaban J connectivity index is 1.83. The molecule has 2 nitrogen and oxygen atoms in total. The molecule has 126 valence electrons. The van der Waals surface area contributed by atoms with Gasteiger partial charge >= 0.3 is 0 Å². The lowest BCUT2D eigenvalue weighted by molar-refractivity contribution is 0.343. The summed E-state index contributed by atoms with van der Waals surface area (Å²) in [5.74, 6) is 0.630. The van der Waals surface area contributed by atoms with Gasteiger partial charge in [0.25, 0.3) is 0 Å². The first kappa shape index (κ1) is 18.0. The molecule has 2 N–H and O–H groups in total. The van der Waals surface area contributed by atoms with E-state index in [4.69, 9.17) is 0 Å². The molecule has 0 aromatic heterocycles. The Kier molecular flexibility index (Phi) is 7.07. The van der Waals surface area contributed by atoms with Crippen molar-refractivity contribution in [2.45, 2.75) is 58.7 Å². The van der Waals surface area contributed by atoms with Crippen LogP contribution in [0.1, 0.15) is 44.2 Å². The highest BCUT2D eigenvalue weighted by molar-refractivity contribution is 5.24. The van der Waals surface area contributed by atoms with Crippen molar-refractivity contribution in [1.82, 2.24) is 10.6 Å². The summed E-state index contributed by atoms with van der Waals surface area (Å²) < 4.78 is 0. The van der Waals surface area contributed by atoms with Crippen LogP contribution in [0, 0.1) is 12.8 Å². The Labute approximate surface area is 142 Å². The van der Waals surface area contributed by atoms with E-state index >= 15 is 0 Å². The van der Waals surface area contributed by atoms with Crippen molar-refractivity contribution < 1.29 is 0 Å². The van der Waals surface area contributed by atoms with Crippen molar-refractivity contribution in [3.63, 3.8) is 0 Å². The first-order valence-electron chi connectivity index (χ1n) is 8.97. The zero-order valence-electron chi connectivity index (χ0n) is 14.9. The monoisotopic (exact) mass is 312 g/mol. The smallest absolute Gasteiger partial charge is 0.0329 e. The third-order valence-corrected chi connectivity index (χ3v) is 4.81. The van der Waals surface area contributed by atoms with Crippen LogP contribution < -0.4 is 10.6 Å². The molecule has 1 saturated heterocycles. The van der Waals surface area contributed by atoms with Gasteiger partial charge < -0.3 is 10.6 Å². The van der Waals surface area contributed by atoms with E-state index in [9.17, 15) is 0 Å². The number of allylic oxidation sites excluding steroid dienone is 1. The molecule has 1 aromatic rings. The topological polar surface area (TPSA) is 24.1 Å². The number of hydrogen-bond acceptors (Lipinski definition) is 2. The van der Waals surface area contributed by atoms with Gasteiger partial charge in [0.15, 0.2) is 0 Å². The highest BCUT2D eigenvalue weighted by Gasteiger charge is 2.22. The fourth-order valence-electron chi connectivity index (χ4n) is 3.01. The molecule has 2 heteroatoms. The molecule has 0 aliphatic carbocycles. The highest BCUT2D eigenvalue weighted by Crippen LogP contribution is 2.17. The summed E-state index contributed by atoms with van der Waals surface area (Å²) >= 11 is 0. The van der Waals surface area contributed by atoms with E-state index in [0.29, 0.717) is 18.0 Å². The molecular formula is C21H32N2. The molecule has 1 aliphatic heterocycles. The van der Waals surface area contributed by atoms with Gasteiger partial charge in [-0.15, -0.1) is 0 Å². The third-order valence-electron chi connectivity index (χ3n) is 4.81. The Morgan fingerprint density at radius 1 is 1.48 bits per heavy atom. The van der Waals surface area contributed by atoms with Gasteiger partial charge in [0.05, 0.1) is 0 Å². The van der Waals surface area contributed by atoms with E-state index < -0.39 is 0 Å². The quantitative estimate of drug-likeness (QED) is 0.731. The van der Waals surface area contributed by atoms with E-state index in [2.05, 4.69) is 74.4 Å². The number of piperidine rings is 1. The van der Waals surface area contributed by atoms with E-state index in [1.54, 1.807) is 0 Å². The maximum Gasteiger partial charge on any atom is 0.0329 e. The molecule has 1 aromatic carbocycles. The molecule has 0 amide bonds. The molecule has 1 unspecified atom stereocenters. The van der Waals surface area contributed by atoms with Crippen molar-refractivity contribution in [3.8, 4) is 0 Å². The second kappa shape index (κ2) is 9.05. The van der Waals surface area contributed by atoms with Gasteiger partial charge in [-0.05, 0) is 43.4 Å². The zero-order chi connectivity index (χ0) is 16.7. The van der Waals surface area contributed by atoms with Crippen molar-refractivity contribution in [3.05, 3.63) is 59.7 Å². The predicted octanol–water partition coefficient (Wildman–Crippen LogP) is 4.36. The van der Waals surface area contributed by atoms with E-state index in [0.717, 1.165) is 19.5 Å². The van der Waals surface area contributed by atoms with Gasteiger partial charge in [0.1, 0.15) is 0 Å². The largest absolute Gasteiger partial charge is 0.310 e. The molecule has 1 fully saturated rings. The number of nitrogens with one attached hydrogen (secondary N) is 2. The zero-order valence-corrected chi connectivity index (χ0v) is 14.9. The summed E-state index contributed by atoms with van der Waals surface area (Å²) in [5, 5.41) is 7.33. The molecule has 1 aliphatic rings. The Bertz CT molecular complexity index is 532. The van der Waals surface area contributed by atoms with Gasteiger partial charge in [-0.2, -0.15) is 0 Å². The lowest BCUT2D eigenvalue weighted by Crippen LogP contribution is -2.46. The van der Waals surface area contributed by atoms with Crippen LogP contribution in [0.2, 0.25) is 0 Å². The normalized spacial score (nSPS) is 23.1. The van der Waals surface area contributed by atoms with Crippen molar-refractivity contribution in [2.75, 3.05) is 6.54 Å². The summed E-state index contributed by atoms with van der Waals surface area (Å²) in [5.41, 5.74) is 3.92. The summed E-state index contributed by atoms with van der Waals surface area (Å²) in [6, 6.07) is 9.72. The lowest BCUT2D eigenvalue weighted by atomic mass is 9.93. The second-order valence-electron chi connectivity index (χ2n) is 6.92. The van der Waals surface area contributed by atoms with Crippen LogP contribution in [0.3, 0.4) is 0 Å². The van der Waals surface area contributed by atoms with Gasteiger partial charge in [-0.1, -0.05) is 68.8 Å². The van der Waals surface area contributed by atoms with E-state index in [-0.39, 0.29) is 0 Å². The Morgan fingerprint density at radius 3 is 3.04 bits per heavy atom. The summed E-state index contributed by atoms with van der Waals surface area (Å²) in [4.78, 5) is 0. The van der Waals surface area contributed by atoms with Gasteiger partial charge in [0, 0.05) is 18.6 Å². The number of hydrogen-bond donors (Lipinski definition) is 2. The first-order chi connectivity index (χ1) is 11.1. The molecule has 23 heavy (non-hydrogen) atoms. The molecule has 3 atom stereocenters. The molecule has 1 heterocycles. The Hall–Kier alpha value is -1.38. The molecule has 2 rings (SSSR count). The van der Waals surface area contributed by atoms with Gasteiger partial charge in [-0.3, -0.25) is 0 Å². The second-order valence-corrected chi connectivity index (χ2v) is 6.92. The van der Waals surface area contributed by atoms with Crippen LogP contribution in [0.5, 0.6) is 0 Å². The maximum atomic E-state index is 4.27. The van der Waals surface area contributed by atoms with Crippen LogP contribution in [0.25, 0.3) is 0 Å². The van der Waals surface area contributed by atoms with E-state index in [1.165, 1.54) is 29.5 Å². The average Bonchev–Trinajstić information content (AvgIpc) is 2.58.